The molecule has 29 heavy (non-hydrogen) atoms. The highest BCUT2D eigenvalue weighted by Crippen LogP contribution is 2.39. The van der Waals surface area contributed by atoms with Crippen molar-refractivity contribution in [3.8, 4) is 0 Å². The lowest BCUT2D eigenvalue weighted by molar-refractivity contribution is -0.0158. The van der Waals surface area contributed by atoms with Gasteiger partial charge in [-0.2, -0.15) is 0 Å². The summed E-state index contributed by atoms with van der Waals surface area (Å²) in [6.45, 7) is 3.77. The van der Waals surface area contributed by atoms with E-state index in [4.69, 9.17) is 16.3 Å². The Morgan fingerprint density at radius 1 is 1.38 bits per heavy atom. The van der Waals surface area contributed by atoms with Crippen LogP contribution in [0.5, 0.6) is 0 Å². The second kappa shape index (κ2) is 8.28. The van der Waals surface area contributed by atoms with E-state index in [2.05, 4.69) is 15.3 Å². The van der Waals surface area contributed by atoms with Crippen molar-refractivity contribution in [1.82, 2.24) is 15.3 Å². The molecule has 152 valence electrons. The average Bonchev–Trinajstić information content (AvgIpc) is 3.10. The fourth-order valence-electron chi connectivity index (χ4n) is 3.43. The predicted molar refractivity (Wildman–Crippen MR) is 115 cm³/mol. The second-order valence-corrected chi connectivity index (χ2v) is 9.09. The van der Waals surface area contributed by atoms with Crippen molar-refractivity contribution in [3.63, 3.8) is 0 Å². The van der Waals surface area contributed by atoms with Gasteiger partial charge in [-0.05, 0) is 30.7 Å². The van der Waals surface area contributed by atoms with Crippen LogP contribution >= 0.6 is 11.6 Å². The maximum absolute atomic E-state index is 12.3. The molecule has 0 spiro atoms. The summed E-state index contributed by atoms with van der Waals surface area (Å²) in [7, 11) is -1.04. The molecule has 0 aliphatic carbocycles. The number of rotatable bonds is 6. The van der Waals surface area contributed by atoms with Crippen molar-refractivity contribution in [2.45, 2.75) is 31.1 Å². The summed E-state index contributed by atoms with van der Waals surface area (Å²) >= 11 is 6.22. The van der Waals surface area contributed by atoms with Gasteiger partial charge in [0, 0.05) is 39.6 Å². The first-order valence-electron chi connectivity index (χ1n) is 9.40. The Labute approximate surface area is 176 Å². The van der Waals surface area contributed by atoms with Crippen LogP contribution in [0.25, 0.3) is 16.6 Å². The molecule has 1 aliphatic heterocycles. The lowest BCUT2D eigenvalue weighted by Gasteiger charge is -2.25. The first-order chi connectivity index (χ1) is 14.0. The van der Waals surface area contributed by atoms with Crippen molar-refractivity contribution in [2.24, 2.45) is 0 Å². The van der Waals surface area contributed by atoms with E-state index in [1.807, 2.05) is 43.5 Å². The van der Waals surface area contributed by atoms with E-state index in [-0.39, 0.29) is 6.61 Å². The van der Waals surface area contributed by atoms with E-state index in [0.717, 1.165) is 32.7 Å². The fraction of sp³-hybridized carbons (Fsp3) is 0.286. The minimum Gasteiger partial charge on any atom is -0.391 e. The maximum Gasteiger partial charge on any atom is 0.169 e. The van der Waals surface area contributed by atoms with Crippen molar-refractivity contribution < 1.29 is 14.1 Å². The molecule has 3 N–H and O–H groups in total. The molecule has 2 aromatic heterocycles. The van der Waals surface area contributed by atoms with Gasteiger partial charge in [-0.1, -0.05) is 30.7 Å². The molecule has 0 saturated heterocycles. The van der Waals surface area contributed by atoms with Crippen LogP contribution in [0.15, 0.2) is 47.6 Å². The van der Waals surface area contributed by atoms with Gasteiger partial charge in [-0.25, -0.2) is 4.98 Å². The SMILES string of the molecule is CCS(=O)c1cccc(C2=CNC(OCC(C)O)c3[nH]c4ncc(Cl)cc4c32)c1. The summed E-state index contributed by atoms with van der Waals surface area (Å²) in [5.41, 5.74) is 4.32. The molecule has 4 rings (SSSR count). The Hall–Kier alpha value is -2.19. The van der Waals surface area contributed by atoms with Crippen LogP contribution in [0.1, 0.15) is 36.9 Å². The van der Waals surface area contributed by atoms with Crippen LogP contribution in [-0.4, -0.2) is 37.7 Å². The van der Waals surface area contributed by atoms with Crippen LogP contribution in [-0.2, 0) is 15.5 Å². The van der Waals surface area contributed by atoms with Crippen LogP contribution in [0.4, 0.5) is 0 Å². The van der Waals surface area contributed by atoms with Crippen LogP contribution in [0.3, 0.4) is 0 Å². The quantitative estimate of drug-likeness (QED) is 0.553. The van der Waals surface area contributed by atoms with Gasteiger partial charge in [0.05, 0.1) is 34.2 Å². The number of aromatic amines is 1. The molecule has 3 aromatic rings. The number of hydrogen-bond acceptors (Lipinski definition) is 5. The summed E-state index contributed by atoms with van der Waals surface area (Å²) < 4.78 is 18.1. The lowest BCUT2D eigenvalue weighted by Crippen LogP contribution is -2.27. The van der Waals surface area contributed by atoms with Crippen molar-refractivity contribution in [1.29, 1.82) is 0 Å². The topological polar surface area (TPSA) is 87.2 Å². The molecular formula is C21H22ClN3O3S. The molecule has 8 heteroatoms. The van der Waals surface area contributed by atoms with E-state index >= 15 is 0 Å². The Bertz CT molecular complexity index is 1110. The molecule has 0 amide bonds. The molecule has 3 unspecified atom stereocenters. The zero-order chi connectivity index (χ0) is 20.5. The zero-order valence-electron chi connectivity index (χ0n) is 16.1. The van der Waals surface area contributed by atoms with Gasteiger partial charge in [-0.15, -0.1) is 0 Å². The van der Waals surface area contributed by atoms with Crippen molar-refractivity contribution in [2.75, 3.05) is 12.4 Å². The van der Waals surface area contributed by atoms with Gasteiger partial charge >= 0.3 is 0 Å². The third-order valence-corrected chi connectivity index (χ3v) is 6.24. The van der Waals surface area contributed by atoms with Gasteiger partial charge in [0.2, 0.25) is 0 Å². The van der Waals surface area contributed by atoms with Gasteiger partial charge in [0.15, 0.2) is 6.23 Å². The number of fused-ring (bicyclic) bond motifs is 3. The van der Waals surface area contributed by atoms with Crippen molar-refractivity contribution in [3.05, 3.63) is 64.6 Å². The summed E-state index contributed by atoms with van der Waals surface area (Å²) in [5, 5.41) is 14.3. The van der Waals surface area contributed by atoms with E-state index in [0.29, 0.717) is 16.4 Å². The third-order valence-electron chi connectivity index (χ3n) is 4.73. The van der Waals surface area contributed by atoms with E-state index in [1.165, 1.54) is 0 Å². The Kier molecular flexibility index (Phi) is 5.74. The van der Waals surface area contributed by atoms with E-state index in [1.54, 1.807) is 13.1 Å². The average molecular weight is 432 g/mol. The van der Waals surface area contributed by atoms with Gasteiger partial charge in [0.1, 0.15) is 5.65 Å². The third kappa shape index (κ3) is 3.96. The number of aromatic nitrogens is 2. The fourth-order valence-corrected chi connectivity index (χ4v) is 4.41. The van der Waals surface area contributed by atoms with Crippen molar-refractivity contribution >= 4 is 39.0 Å². The summed E-state index contributed by atoms with van der Waals surface area (Å²) in [5.74, 6) is 0.563. The number of nitrogens with zero attached hydrogens (tertiary/aromatic N) is 1. The molecule has 1 aromatic carbocycles. The Morgan fingerprint density at radius 3 is 2.97 bits per heavy atom. The number of aliphatic hydroxyl groups excluding tert-OH is 1. The number of pyridine rings is 1. The number of ether oxygens (including phenoxy) is 1. The molecular weight excluding hydrogens is 410 g/mol. The number of hydrogen-bond donors (Lipinski definition) is 3. The lowest BCUT2D eigenvalue weighted by atomic mass is 9.94. The van der Waals surface area contributed by atoms with Crippen LogP contribution < -0.4 is 5.32 Å². The van der Waals surface area contributed by atoms with Gasteiger partial charge in [-0.3, -0.25) is 4.21 Å². The second-order valence-electron chi connectivity index (χ2n) is 6.91. The molecule has 0 saturated carbocycles. The summed E-state index contributed by atoms with van der Waals surface area (Å²) in [6, 6.07) is 9.60. The first-order valence-corrected chi connectivity index (χ1v) is 11.1. The predicted octanol–water partition coefficient (Wildman–Crippen LogP) is 3.73. The number of aliphatic hydroxyl groups is 1. The molecule has 0 radical (unpaired) electrons. The largest absolute Gasteiger partial charge is 0.391 e. The highest BCUT2D eigenvalue weighted by Gasteiger charge is 2.28. The minimum atomic E-state index is -1.04. The monoisotopic (exact) mass is 431 g/mol. The highest BCUT2D eigenvalue weighted by atomic mass is 35.5. The molecule has 3 atom stereocenters. The number of halogens is 1. The van der Waals surface area contributed by atoms with Crippen LogP contribution in [0.2, 0.25) is 5.02 Å². The van der Waals surface area contributed by atoms with Gasteiger partial charge in [0.25, 0.3) is 0 Å². The normalized spacial score (nSPS) is 18.1. The molecule has 3 heterocycles. The number of benzene rings is 1. The van der Waals surface area contributed by atoms with E-state index in [9.17, 15) is 9.32 Å². The smallest absolute Gasteiger partial charge is 0.169 e. The standard InChI is InChI=1S/C21H22ClN3O3S/c1-3-29(27)15-6-4-5-13(7-15)17-10-24-21(28-11-12(2)26)19-18(17)16-8-14(22)9-23-20(16)25-19/h4-10,12,21,24,26H,3,11H2,1-2H3,(H,23,25). The Morgan fingerprint density at radius 2 is 2.21 bits per heavy atom. The number of H-pyrrole nitrogens is 1. The summed E-state index contributed by atoms with van der Waals surface area (Å²) in [4.78, 5) is 8.52. The Balaban J connectivity index is 1.85. The van der Waals surface area contributed by atoms with E-state index < -0.39 is 23.1 Å². The van der Waals surface area contributed by atoms with Gasteiger partial charge < -0.3 is 20.1 Å². The van der Waals surface area contributed by atoms with Crippen LogP contribution in [0, 0.1) is 0 Å². The zero-order valence-corrected chi connectivity index (χ0v) is 17.7. The molecule has 1 aliphatic rings. The molecule has 6 nitrogen and oxygen atoms in total. The number of nitrogens with one attached hydrogen (secondary N) is 2. The minimum absolute atomic E-state index is 0.189. The molecule has 0 bridgehead atoms. The maximum atomic E-state index is 12.3. The highest BCUT2D eigenvalue weighted by molar-refractivity contribution is 7.85. The summed E-state index contributed by atoms with van der Waals surface area (Å²) in [6.07, 6.45) is 2.45. The first kappa shape index (κ1) is 20.1. The molecule has 0 fully saturated rings.